The molecule has 166 valence electrons. The first-order valence-electron chi connectivity index (χ1n) is 10.4. The number of halogens is 1. The minimum atomic E-state index is -0.401. The maximum atomic E-state index is 15.6. The van der Waals surface area contributed by atoms with Crippen LogP contribution in [0.4, 0.5) is 16.0 Å². The minimum Gasteiger partial charge on any atom is -0.441 e. The third kappa shape index (κ3) is 3.67. The van der Waals surface area contributed by atoms with Crippen LogP contribution in [0.3, 0.4) is 0 Å². The van der Waals surface area contributed by atoms with Gasteiger partial charge in [0.25, 0.3) is 5.91 Å². The van der Waals surface area contributed by atoms with Crippen molar-refractivity contribution in [2.24, 2.45) is 7.05 Å². The number of nitrogens with one attached hydrogen (secondary N) is 2. The summed E-state index contributed by atoms with van der Waals surface area (Å²) in [7, 11) is 3.39. The number of benzene rings is 1. The van der Waals surface area contributed by atoms with Crippen molar-refractivity contribution in [3.05, 3.63) is 76.8 Å². The Morgan fingerprint density at radius 2 is 2.00 bits per heavy atom. The predicted octanol–water partition coefficient (Wildman–Crippen LogP) is 4.12. The summed E-state index contributed by atoms with van der Waals surface area (Å²) < 4.78 is 22.8. The molecular weight excluding hydrogens is 423 g/mol. The number of oxazole rings is 1. The Hall–Kier alpha value is -4.27. The van der Waals surface area contributed by atoms with Crippen molar-refractivity contribution in [3.63, 3.8) is 0 Å². The number of hydrogen-bond acceptors (Lipinski definition) is 6. The summed E-state index contributed by atoms with van der Waals surface area (Å²) in [5.41, 5.74) is 3.44. The Labute approximate surface area is 189 Å². The molecule has 4 aromatic rings. The van der Waals surface area contributed by atoms with E-state index in [1.54, 1.807) is 36.9 Å². The van der Waals surface area contributed by atoms with E-state index in [4.69, 9.17) is 4.42 Å². The number of aryl methyl sites for hydroxylation is 2. The fourth-order valence-electron chi connectivity index (χ4n) is 3.98. The maximum absolute atomic E-state index is 15.6. The molecule has 0 saturated carbocycles. The van der Waals surface area contributed by atoms with E-state index < -0.39 is 5.82 Å². The van der Waals surface area contributed by atoms with Gasteiger partial charge in [-0.2, -0.15) is 5.10 Å². The van der Waals surface area contributed by atoms with Crippen LogP contribution in [0.5, 0.6) is 0 Å². The first-order valence-corrected chi connectivity index (χ1v) is 10.4. The van der Waals surface area contributed by atoms with Crippen molar-refractivity contribution >= 4 is 29.2 Å². The Kier molecular flexibility index (Phi) is 5.01. The van der Waals surface area contributed by atoms with Crippen molar-refractivity contribution in [2.75, 3.05) is 12.4 Å². The van der Waals surface area contributed by atoms with Gasteiger partial charge in [-0.15, -0.1) is 0 Å². The molecule has 3 aromatic heterocycles. The quantitative estimate of drug-likeness (QED) is 0.481. The van der Waals surface area contributed by atoms with E-state index >= 15 is 4.39 Å². The fourth-order valence-corrected chi connectivity index (χ4v) is 3.98. The van der Waals surface area contributed by atoms with Crippen molar-refractivity contribution < 1.29 is 13.6 Å². The number of nitrogens with zero attached hydrogens (tertiary/aromatic N) is 4. The highest BCUT2D eigenvalue weighted by atomic mass is 19.1. The third-order valence-electron chi connectivity index (χ3n) is 5.57. The Bertz CT molecular complexity index is 1420. The van der Waals surface area contributed by atoms with Gasteiger partial charge in [-0.3, -0.25) is 9.48 Å². The molecule has 1 aromatic carbocycles. The summed E-state index contributed by atoms with van der Waals surface area (Å²) in [4.78, 5) is 21.0. The molecule has 0 aliphatic heterocycles. The van der Waals surface area contributed by atoms with Crippen LogP contribution in [0, 0.1) is 12.7 Å². The molecule has 0 atom stereocenters. The van der Waals surface area contributed by atoms with E-state index in [0.29, 0.717) is 52.0 Å². The number of fused-ring (bicyclic) bond motifs is 1. The summed E-state index contributed by atoms with van der Waals surface area (Å²) in [6, 6.07) is 6.98. The van der Waals surface area contributed by atoms with Crippen LogP contribution in [0.25, 0.3) is 23.0 Å². The van der Waals surface area contributed by atoms with Gasteiger partial charge in [-0.05, 0) is 23.3 Å². The number of anilines is 2. The maximum Gasteiger partial charge on any atom is 0.253 e. The van der Waals surface area contributed by atoms with E-state index in [1.165, 1.54) is 12.4 Å². The van der Waals surface area contributed by atoms with E-state index in [0.717, 1.165) is 11.1 Å². The number of carbonyl (C=O) groups excluding carboxylic acids is 1. The van der Waals surface area contributed by atoms with Gasteiger partial charge in [0.2, 0.25) is 0 Å². The summed E-state index contributed by atoms with van der Waals surface area (Å²) >= 11 is 0. The molecule has 0 saturated heterocycles. The molecule has 0 fully saturated rings. The molecule has 8 nitrogen and oxygen atoms in total. The van der Waals surface area contributed by atoms with Gasteiger partial charge < -0.3 is 15.1 Å². The zero-order valence-electron chi connectivity index (χ0n) is 18.3. The number of rotatable bonds is 5. The molecule has 2 N–H and O–H groups in total. The van der Waals surface area contributed by atoms with Crippen molar-refractivity contribution in [1.29, 1.82) is 0 Å². The molecule has 1 amide bonds. The Morgan fingerprint density at radius 1 is 1.18 bits per heavy atom. The molecule has 0 bridgehead atoms. The molecular formula is C24H21FN6O2. The normalized spacial score (nSPS) is 12.4. The predicted molar refractivity (Wildman–Crippen MR) is 122 cm³/mol. The van der Waals surface area contributed by atoms with Gasteiger partial charge in [-0.25, -0.2) is 14.4 Å². The van der Waals surface area contributed by atoms with E-state index in [-0.39, 0.29) is 5.91 Å². The van der Waals surface area contributed by atoms with Crippen molar-refractivity contribution in [3.8, 4) is 11.3 Å². The lowest BCUT2D eigenvalue weighted by Crippen LogP contribution is -2.20. The monoisotopic (exact) mass is 444 g/mol. The van der Waals surface area contributed by atoms with Crippen molar-refractivity contribution in [2.45, 2.75) is 13.3 Å². The van der Waals surface area contributed by atoms with E-state index in [9.17, 15) is 4.79 Å². The summed E-state index contributed by atoms with van der Waals surface area (Å²) in [5.74, 6) is 1.38. The highest BCUT2D eigenvalue weighted by Crippen LogP contribution is 2.39. The summed E-state index contributed by atoms with van der Waals surface area (Å²) in [6.07, 6.45) is 7.10. The lowest BCUT2D eigenvalue weighted by Gasteiger charge is -2.12. The van der Waals surface area contributed by atoms with Crippen LogP contribution in [-0.2, 0) is 13.5 Å². The number of allylic oxidation sites excluding steroid dienone is 1. The van der Waals surface area contributed by atoms with Gasteiger partial charge in [0, 0.05) is 57.0 Å². The zero-order valence-corrected chi connectivity index (χ0v) is 18.3. The van der Waals surface area contributed by atoms with Gasteiger partial charge in [-0.1, -0.05) is 12.1 Å². The lowest BCUT2D eigenvalue weighted by atomic mass is 9.99. The van der Waals surface area contributed by atoms with Crippen LogP contribution in [0.15, 0.2) is 47.3 Å². The lowest BCUT2D eigenvalue weighted by molar-refractivity contribution is 0.0962. The van der Waals surface area contributed by atoms with Crippen LogP contribution >= 0.6 is 0 Å². The van der Waals surface area contributed by atoms with Crippen LogP contribution in [0.1, 0.15) is 32.9 Å². The zero-order chi connectivity index (χ0) is 23.1. The minimum absolute atomic E-state index is 0.257. The Balaban J connectivity index is 1.58. The van der Waals surface area contributed by atoms with Gasteiger partial charge in [0.15, 0.2) is 17.5 Å². The number of aromatic nitrogens is 4. The number of hydrogen-bond donors (Lipinski definition) is 2. The molecule has 0 spiro atoms. The summed E-state index contributed by atoms with van der Waals surface area (Å²) in [5, 5.41) is 10.2. The molecule has 3 heterocycles. The van der Waals surface area contributed by atoms with Crippen molar-refractivity contribution in [1.82, 2.24) is 25.1 Å². The number of amides is 1. The molecule has 0 unspecified atom stereocenters. The van der Waals surface area contributed by atoms with Crippen LogP contribution < -0.4 is 10.6 Å². The van der Waals surface area contributed by atoms with Gasteiger partial charge >= 0.3 is 0 Å². The molecule has 0 radical (unpaired) electrons. The average Bonchev–Trinajstić information content (AvgIpc) is 3.54. The van der Waals surface area contributed by atoms with E-state index in [2.05, 4.69) is 25.7 Å². The smallest absolute Gasteiger partial charge is 0.253 e. The summed E-state index contributed by atoms with van der Waals surface area (Å²) in [6.45, 7) is 1.71. The largest absolute Gasteiger partial charge is 0.441 e. The number of carbonyl (C=O) groups is 1. The molecule has 33 heavy (non-hydrogen) atoms. The second-order valence-electron chi connectivity index (χ2n) is 7.75. The fraction of sp³-hybridized carbons (Fsp3) is 0.167. The number of pyridine rings is 1. The molecule has 5 rings (SSSR count). The average molecular weight is 444 g/mol. The molecule has 9 heteroatoms. The molecule has 1 aliphatic carbocycles. The topological polar surface area (TPSA) is 97.9 Å². The van der Waals surface area contributed by atoms with Gasteiger partial charge in [0.05, 0.1) is 17.3 Å². The van der Waals surface area contributed by atoms with Gasteiger partial charge in [0.1, 0.15) is 11.6 Å². The third-order valence-corrected chi connectivity index (χ3v) is 5.57. The second-order valence-corrected chi connectivity index (χ2v) is 7.75. The standard InChI is InChI=1S/C24H21FN6O2/c1-13-27-12-20(33-13)16-6-4-5-15(22(16)25)14-9-17-18(10-14)23(28-11-19(17)24(32)26-2)29-21-7-8-31(3)30-21/h4-9,11-12H,10H2,1-3H3,(H,26,32)(H,28,29,30). The van der Waals surface area contributed by atoms with Crippen LogP contribution in [-0.4, -0.2) is 32.7 Å². The highest BCUT2D eigenvalue weighted by Gasteiger charge is 2.26. The SMILES string of the molecule is CNC(=O)c1cnc(Nc2ccn(C)n2)c2c1C=C(c1cccc(-c3cnc(C)o3)c1F)C2. The second kappa shape index (κ2) is 8.01. The molecule has 1 aliphatic rings. The first-order chi connectivity index (χ1) is 15.9. The highest BCUT2D eigenvalue weighted by molar-refractivity contribution is 6.03. The first kappa shape index (κ1) is 20.6. The van der Waals surface area contributed by atoms with Crippen LogP contribution in [0.2, 0.25) is 0 Å². The van der Waals surface area contributed by atoms with E-state index in [1.807, 2.05) is 25.4 Å². The Morgan fingerprint density at radius 3 is 2.70 bits per heavy atom.